The Bertz CT molecular complexity index is 510. The fourth-order valence-corrected chi connectivity index (χ4v) is 8.20. The molecule has 0 heterocycles. The van der Waals surface area contributed by atoms with Crippen LogP contribution in [0.5, 0.6) is 0 Å². The van der Waals surface area contributed by atoms with Crippen LogP contribution in [0, 0.1) is 39.9 Å². The molecule has 0 aromatic heterocycles. The first kappa shape index (κ1) is 16.0. The number of rotatable bonds is 1. The Labute approximate surface area is 141 Å². The van der Waals surface area contributed by atoms with E-state index in [-0.39, 0.29) is 11.9 Å². The Morgan fingerprint density at radius 2 is 1.74 bits per heavy atom. The maximum absolute atomic E-state index is 12.3. The van der Waals surface area contributed by atoms with E-state index in [9.17, 15) is 4.79 Å². The summed E-state index contributed by atoms with van der Waals surface area (Å²) in [5.74, 6) is 2.60. The predicted octanol–water partition coefficient (Wildman–Crippen LogP) is 5.21. The fraction of sp³-hybridized carbons (Fsp3) is 0.952. The van der Waals surface area contributed by atoms with Crippen molar-refractivity contribution >= 4 is 5.97 Å². The molecule has 4 fully saturated rings. The lowest BCUT2D eigenvalue weighted by atomic mass is 9.41. The molecule has 2 nitrogen and oxygen atoms in total. The molecule has 23 heavy (non-hydrogen) atoms. The van der Waals surface area contributed by atoms with Gasteiger partial charge >= 0.3 is 5.97 Å². The van der Waals surface area contributed by atoms with Crippen LogP contribution >= 0.6 is 0 Å². The standard InChI is InChI=1S/C21H34O2/c1-19(2)9-5-10-20(3)16(19)8-11-21-12-14(6-7-17(20)21)15(13-21)18(22)23-4/h14-17H,5-13H2,1-4H3. The van der Waals surface area contributed by atoms with Gasteiger partial charge in [0.25, 0.3) is 0 Å². The number of hydrogen-bond acceptors (Lipinski definition) is 2. The normalized spacial score (nSPS) is 50.8. The smallest absolute Gasteiger partial charge is 0.308 e. The summed E-state index contributed by atoms with van der Waals surface area (Å²) in [5, 5.41) is 0. The third-order valence-electron chi connectivity index (χ3n) is 8.94. The Hall–Kier alpha value is -0.530. The van der Waals surface area contributed by atoms with Crippen LogP contribution in [0.1, 0.15) is 78.6 Å². The van der Waals surface area contributed by atoms with Crippen LogP contribution in [-0.4, -0.2) is 13.1 Å². The minimum Gasteiger partial charge on any atom is -0.469 e. The Morgan fingerprint density at radius 1 is 0.957 bits per heavy atom. The van der Waals surface area contributed by atoms with Crippen LogP contribution < -0.4 is 0 Å². The van der Waals surface area contributed by atoms with Gasteiger partial charge in [-0.1, -0.05) is 27.2 Å². The van der Waals surface area contributed by atoms with Crippen molar-refractivity contribution in [3.05, 3.63) is 0 Å². The zero-order chi connectivity index (χ0) is 16.5. The molecule has 6 unspecified atom stereocenters. The van der Waals surface area contributed by atoms with Crippen LogP contribution in [0.3, 0.4) is 0 Å². The van der Waals surface area contributed by atoms with Gasteiger partial charge in [-0.3, -0.25) is 4.79 Å². The molecular weight excluding hydrogens is 284 g/mol. The van der Waals surface area contributed by atoms with Gasteiger partial charge in [-0.2, -0.15) is 0 Å². The van der Waals surface area contributed by atoms with Gasteiger partial charge in [0.15, 0.2) is 0 Å². The van der Waals surface area contributed by atoms with Crippen LogP contribution in [-0.2, 0) is 9.53 Å². The van der Waals surface area contributed by atoms with Crippen molar-refractivity contribution in [2.24, 2.45) is 39.9 Å². The van der Waals surface area contributed by atoms with E-state index in [1.165, 1.54) is 51.4 Å². The zero-order valence-electron chi connectivity index (χ0n) is 15.5. The van der Waals surface area contributed by atoms with Crippen molar-refractivity contribution in [2.75, 3.05) is 7.11 Å². The van der Waals surface area contributed by atoms with E-state index in [0.29, 0.717) is 22.2 Å². The van der Waals surface area contributed by atoms with Gasteiger partial charge in [-0.05, 0) is 85.4 Å². The molecule has 2 bridgehead atoms. The number of ether oxygens (including phenoxy) is 1. The molecular formula is C21H34O2. The highest BCUT2D eigenvalue weighted by Gasteiger charge is 2.64. The van der Waals surface area contributed by atoms with Crippen molar-refractivity contribution in [1.82, 2.24) is 0 Å². The first-order chi connectivity index (χ1) is 10.8. The average molecular weight is 319 g/mol. The fourth-order valence-electron chi connectivity index (χ4n) is 8.20. The molecule has 1 spiro atoms. The summed E-state index contributed by atoms with van der Waals surface area (Å²) >= 11 is 0. The molecule has 0 aromatic carbocycles. The van der Waals surface area contributed by atoms with E-state index >= 15 is 0 Å². The van der Waals surface area contributed by atoms with E-state index < -0.39 is 0 Å². The lowest BCUT2D eigenvalue weighted by molar-refractivity contribution is -0.148. The Morgan fingerprint density at radius 3 is 2.48 bits per heavy atom. The van der Waals surface area contributed by atoms with Crippen molar-refractivity contribution in [1.29, 1.82) is 0 Å². The number of hydrogen-bond donors (Lipinski definition) is 0. The largest absolute Gasteiger partial charge is 0.469 e. The SMILES string of the molecule is COC(=O)C1CC23CCC4C(C)(C)CCCC4(C)C2CCC1C3. The van der Waals surface area contributed by atoms with Crippen LogP contribution in [0.2, 0.25) is 0 Å². The van der Waals surface area contributed by atoms with E-state index in [2.05, 4.69) is 20.8 Å². The van der Waals surface area contributed by atoms with Gasteiger partial charge < -0.3 is 4.74 Å². The maximum Gasteiger partial charge on any atom is 0.308 e. The lowest BCUT2D eigenvalue weighted by Crippen LogP contribution is -2.55. The summed E-state index contributed by atoms with van der Waals surface area (Å²) in [4.78, 5) is 12.3. The number of carbonyl (C=O) groups is 1. The van der Waals surface area contributed by atoms with E-state index in [1.54, 1.807) is 7.11 Å². The highest BCUT2D eigenvalue weighted by molar-refractivity contribution is 5.73. The predicted molar refractivity (Wildman–Crippen MR) is 91.9 cm³/mol. The van der Waals surface area contributed by atoms with Gasteiger partial charge in [0, 0.05) is 0 Å². The second-order valence-corrected chi connectivity index (χ2v) is 10.2. The Kier molecular flexibility index (Phi) is 3.46. The first-order valence-corrected chi connectivity index (χ1v) is 9.90. The molecule has 0 N–H and O–H groups in total. The van der Waals surface area contributed by atoms with Crippen molar-refractivity contribution < 1.29 is 9.53 Å². The molecule has 4 aliphatic rings. The summed E-state index contributed by atoms with van der Waals surface area (Å²) in [6.45, 7) is 7.66. The Balaban J connectivity index is 1.67. The van der Waals surface area contributed by atoms with Crippen LogP contribution in [0.25, 0.3) is 0 Å². The highest BCUT2D eigenvalue weighted by Crippen LogP contribution is 2.72. The van der Waals surface area contributed by atoms with Crippen LogP contribution in [0.15, 0.2) is 0 Å². The second-order valence-electron chi connectivity index (χ2n) is 10.2. The summed E-state index contributed by atoms with van der Waals surface area (Å²) in [7, 11) is 1.57. The molecule has 0 radical (unpaired) electrons. The van der Waals surface area contributed by atoms with Gasteiger partial charge in [0.05, 0.1) is 13.0 Å². The van der Waals surface area contributed by atoms with Crippen molar-refractivity contribution in [3.8, 4) is 0 Å². The highest BCUT2D eigenvalue weighted by atomic mass is 16.5. The molecule has 4 rings (SSSR count). The quantitative estimate of drug-likeness (QED) is 0.620. The molecule has 0 amide bonds. The van der Waals surface area contributed by atoms with Crippen molar-refractivity contribution in [2.45, 2.75) is 78.6 Å². The third-order valence-corrected chi connectivity index (χ3v) is 8.94. The summed E-state index contributed by atoms with van der Waals surface area (Å²) in [5.41, 5.74) is 1.47. The summed E-state index contributed by atoms with van der Waals surface area (Å²) in [6, 6.07) is 0. The molecule has 130 valence electrons. The number of methoxy groups -OCH3 is 1. The minimum atomic E-state index is 0.0729. The van der Waals surface area contributed by atoms with Gasteiger partial charge in [0.1, 0.15) is 0 Å². The van der Waals surface area contributed by atoms with Gasteiger partial charge in [0.2, 0.25) is 0 Å². The number of carbonyl (C=O) groups excluding carboxylic acids is 1. The summed E-state index contributed by atoms with van der Waals surface area (Å²) < 4.78 is 5.14. The van der Waals surface area contributed by atoms with Crippen LogP contribution in [0.4, 0.5) is 0 Å². The second kappa shape index (κ2) is 4.99. The van der Waals surface area contributed by atoms with E-state index in [1.807, 2.05) is 0 Å². The van der Waals surface area contributed by atoms with Crippen molar-refractivity contribution in [3.63, 3.8) is 0 Å². The maximum atomic E-state index is 12.3. The third kappa shape index (κ3) is 2.09. The van der Waals surface area contributed by atoms with E-state index in [4.69, 9.17) is 4.74 Å². The molecule has 6 atom stereocenters. The number of fused-ring (bicyclic) bond motifs is 3. The molecule has 0 aliphatic heterocycles. The average Bonchev–Trinajstić information content (AvgIpc) is 2.76. The van der Waals surface area contributed by atoms with E-state index in [0.717, 1.165) is 18.3 Å². The lowest BCUT2D eigenvalue weighted by Gasteiger charge is -2.64. The number of esters is 1. The molecule has 4 aliphatic carbocycles. The van der Waals surface area contributed by atoms with Gasteiger partial charge in [-0.15, -0.1) is 0 Å². The molecule has 0 saturated heterocycles. The summed E-state index contributed by atoms with van der Waals surface area (Å²) in [6.07, 6.45) is 12.0. The molecule has 4 saturated carbocycles. The monoisotopic (exact) mass is 318 g/mol. The molecule has 0 aromatic rings. The molecule has 2 heteroatoms. The topological polar surface area (TPSA) is 26.3 Å². The van der Waals surface area contributed by atoms with Gasteiger partial charge in [-0.25, -0.2) is 0 Å². The zero-order valence-corrected chi connectivity index (χ0v) is 15.5. The first-order valence-electron chi connectivity index (χ1n) is 9.90. The minimum absolute atomic E-state index is 0.0729.